The molecule has 6 heteroatoms. The van der Waals surface area contributed by atoms with Crippen LogP contribution in [0.3, 0.4) is 0 Å². The average molecular weight is 288 g/mol. The van der Waals surface area contributed by atoms with Gasteiger partial charge in [-0.05, 0) is 25.5 Å². The molecule has 0 saturated heterocycles. The number of aryl methyl sites for hydroxylation is 1. The summed E-state index contributed by atoms with van der Waals surface area (Å²) >= 11 is 0. The van der Waals surface area contributed by atoms with Crippen molar-refractivity contribution in [3.8, 4) is 0 Å². The van der Waals surface area contributed by atoms with Crippen molar-refractivity contribution in [1.29, 1.82) is 0 Å². The minimum Gasteiger partial charge on any atom is -0.375 e. The number of hydrogen-bond acceptors (Lipinski definition) is 4. The molecule has 0 bridgehead atoms. The van der Waals surface area contributed by atoms with Crippen LogP contribution in [0.15, 0.2) is 40.9 Å². The zero-order valence-electron chi connectivity index (χ0n) is 12.3. The smallest absolute Gasteiger partial charge is 0.320 e. The minimum atomic E-state index is -0.273. The maximum Gasteiger partial charge on any atom is 0.320 e. The molecule has 2 aromatic rings. The van der Waals surface area contributed by atoms with Gasteiger partial charge in [-0.15, -0.1) is 0 Å². The second-order valence-corrected chi connectivity index (χ2v) is 4.81. The molecule has 21 heavy (non-hydrogen) atoms. The summed E-state index contributed by atoms with van der Waals surface area (Å²) in [6.45, 7) is 3.24. The number of anilines is 2. The van der Waals surface area contributed by atoms with Gasteiger partial charge in [-0.3, -0.25) is 5.32 Å². The summed E-state index contributed by atoms with van der Waals surface area (Å²) < 4.78 is 4.87. The number of nitrogens with one attached hydrogen (secondary N) is 2. The van der Waals surface area contributed by atoms with Crippen LogP contribution in [0.2, 0.25) is 0 Å². The molecule has 0 unspecified atom stereocenters. The Balaban J connectivity index is 1.64. The molecule has 0 spiro atoms. The van der Waals surface area contributed by atoms with E-state index in [2.05, 4.69) is 32.8 Å². The van der Waals surface area contributed by atoms with E-state index in [-0.39, 0.29) is 6.03 Å². The van der Waals surface area contributed by atoms with E-state index in [4.69, 9.17) is 4.52 Å². The Kier molecular flexibility index (Phi) is 5.20. The number of amides is 2. The van der Waals surface area contributed by atoms with E-state index in [1.807, 2.05) is 25.2 Å². The van der Waals surface area contributed by atoms with Crippen LogP contribution < -0.4 is 15.5 Å². The van der Waals surface area contributed by atoms with Crippen molar-refractivity contribution >= 4 is 17.5 Å². The van der Waals surface area contributed by atoms with Gasteiger partial charge < -0.3 is 14.7 Å². The van der Waals surface area contributed by atoms with Gasteiger partial charge in [0, 0.05) is 31.9 Å². The Morgan fingerprint density at radius 2 is 2.10 bits per heavy atom. The third kappa shape index (κ3) is 4.83. The second-order valence-electron chi connectivity index (χ2n) is 4.81. The third-order valence-electron chi connectivity index (χ3n) is 3.02. The third-order valence-corrected chi connectivity index (χ3v) is 3.02. The predicted octanol–water partition coefficient (Wildman–Crippen LogP) is 2.63. The van der Waals surface area contributed by atoms with Crippen LogP contribution in [0.4, 0.5) is 16.3 Å². The molecule has 0 saturated carbocycles. The zero-order valence-corrected chi connectivity index (χ0v) is 12.3. The summed E-state index contributed by atoms with van der Waals surface area (Å²) in [5.41, 5.74) is 1.17. The molecule has 112 valence electrons. The summed E-state index contributed by atoms with van der Waals surface area (Å²) in [6, 6.07) is 11.5. The SMILES string of the molecule is Cc1cc(NC(=O)NCCCN(C)c2ccccc2)no1. The summed E-state index contributed by atoms with van der Waals surface area (Å²) in [5, 5.41) is 9.10. The van der Waals surface area contributed by atoms with Gasteiger partial charge in [-0.1, -0.05) is 23.4 Å². The van der Waals surface area contributed by atoms with Crippen LogP contribution in [0.25, 0.3) is 0 Å². The lowest BCUT2D eigenvalue weighted by Crippen LogP contribution is -2.31. The van der Waals surface area contributed by atoms with E-state index in [1.54, 1.807) is 13.0 Å². The Hall–Kier alpha value is -2.50. The van der Waals surface area contributed by atoms with Gasteiger partial charge in [-0.2, -0.15) is 0 Å². The van der Waals surface area contributed by atoms with Crippen LogP contribution in [0, 0.1) is 6.92 Å². The van der Waals surface area contributed by atoms with Gasteiger partial charge in [0.15, 0.2) is 5.82 Å². The molecule has 0 radical (unpaired) electrons. The molecule has 1 heterocycles. The highest BCUT2D eigenvalue weighted by molar-refractivity contribution is 5.88. The first-order valence-corrected chi connectivity index (χ1v) is 6.89. The quantitative estimate of drug-likeness (QED) is 0.802. The van der Waals surface area contributed by atoms with E-state index in [0.717, 1.165) is 13.0 Å². The largest absolute Gasteiger partial charge is 0.375 e. The Bertz CT molecular complexity index is 568. The van der Waals surface area contributed by atoms with E-state index in [1.165, 1.54) is 5.69 Å². The first-order chi connectivity index (χ1) is 10.1. The molecule has 1 aromatic heterocycles. The van der Waals surface area contributed by atoms with E-state index < -0.39 is 0 Å². The monoisotopic (exact) mass is 288 g/mol. The maximum atomic E-state index is 11.6. The number of urea groups is 1. The van der Waals surface area contributed by atoms with E-state index >= 15 is 0 Å². The molecule has 0 fully saturated rings. The average Bonchev–Trinajstić information content (AvgIpc) is 2.89. The molecule has 6 nitrogen and oxygen atoms in total. The van der Waals surface area contributed by atoms with E-state index in [0.29, 0.717) is 18.1 Å². The number of nitrogens with zero attached hydrogens (tertiary/aromatic N) is 2. The molecular formula is C15H20N4O2. The lowest BCUT2D eigenvalue weighted by atomic mass is 10.3. The van der Waals surface area contributed by atoms with Gasteiger partial charge in [0.05, 0.1) is 0 Å². The first kappa shape index (κ1) is 14.9. The fourth-order valence-corrected chi connectivity index (χ4v) is 1.92. The molecular weight excluding hydrogens is 268 g/mol. The van der Waals surface area contributed by atoms with Crippen molar-refractivity contribution in [2.75, 3.05) is 30.4 Å². The predicted molar refractivity (Wildman–Crippen MR) is 82.6 cm³/mol. The van der Waals surface area contributed by atoms with Crippen molar-refractivity contribution in [3.63, 3.8) is 0 Å². The van der Waals surface area contributed by atoms with Crippen molar-refractivity contribution in [1.82, 2.24) is 10.5 Å². The van der Waals surface area contributed by atoms with E-state index in [9.17, 15) is 4.79 Å². The van der Waals surface area contributed by atoms with Crippen LogP contribution in [-0.4, -0.2) is 31.3 Å². The van der Waals surface area contributed by atoms with Crippen molar-refractivity contribution in [3.05, 3.63) is 42.2 Å². The van der Waals surface area contributed by atoms with Gasteiger partial charge in [0.25, 0.3) is 0 Å². The fourth-order valence-electron chi connectivity index (χ4n) is 1.92. The van der Waals surface area contributed by atoms with Crippen molar-refractivity contribution in [2.45, 2.75) is 13.3 Å². The molecule has 0 aliphatic carbocycles. The van der Waals surface area contributed by atoms with Crippen molar-refractivity contribution in [2.24, 2.45) is 0 Å². The number of carbonyl (C=O) groups excluding carboxylic acids is 1. The maximum absolute atomic E-state index is 11.6. The molecule has 0 atom stereocenters. The van der Waals surface area contributed by atoms with Gasteiger partial charge in [0.2, 0.25) is 0 Å². The Morgan fingerprint density at radius 1 is 1.33 bits per heavy atom. The first-order valence-electron chi connectivity index (χ1n) is 6.89. The molecule has 1 aromatic carbocycles. The lowest BCUT2D eigenvalue weighted by molar-refractivity contribution is 0.251. The summed E-state index contributed by atoms with van der Waals surface area (Å²) in [6.07, 6.45) is 0.858. The highest BCUT2D eigenvalue weighted by Gasteiger charge is 2.05. The zero-order chi connectivity index (χ0) is 15.1. The molecule has 2 amide bonds. The topological polar surface area (TPSA) is 70.4 Å². The fraction of sp³-hybridized carbons (Fsp3) is 0.333. The minimum absolute atomic E-state index is 0.273. The van der Waals surface area contributed by atoms with Crippen molar-refractivity contribution < 1.29 is 9.32 Å². The number of benzene rings is 1. The van der Waals surface area contributed by atoms with Gasteiger partial charge in [-0.25, -0.2) is 4.79 Å². The Labute approximate surface area is 124 Å². The van der Waals surface area contributed by atoms with Gasteiger partial charge in [0.1, 0.15) is 5.76 Å². The van der Waals surface area contributed by atoms with Gasteiger partial charge >= 0.3 is 6.03 Å². The summed E-state index contributed by atoms with van der Waals surface area (Å²) in [7, 11) is 2.04. The Morgan fingerprint density at radius 3 is 2.76 bits per heavy atom. The number of carbonyl (C=O) groups is 1. The normalized spacial score (nSPS) is 10.2. The summed E-state index contributed by atoms with van der Waals surface area (Å²) in [4.78, 5) is 13.8. The number of rotatable bonds is 6. The van der Waals surface area contributed by atoms with Crippen LogP contribution >= 0.6 is 0 Å². The molecule has 2 N–H and O–H groups in total. The molecule has 0 aliphatic heterocycles. The number of para-hydroxylation sites is 1. The summed E-state index contributed by atoms with van der Waals surface area (Å²) in [5.74, 6) is 1.08. The second kappa shape index (κ2) is 7.33. The number of aromatic nitrogens is 1. The highest BCUT2D eigenvalue weighted by atomic mass is 16.5. The standard InChI is InChI=1S/C15H20N4O2/c1-12-11-14(18-21-12)17-15(20)16-9-6-10-19(2)13-7-4-3-5-8-13/h3-5,7-8,11H,6,9-10H2,1-2H3,(H2,16,17,18,20). The lowest BCUT2D eigenvalue weighted by Gasteiger charge is -2.19. The van der Waals surface area contributed by atoms with Crippen LogP contribution in [0.1, 0.15) is 12.2 Å². The van der Waals surface area contributed by atoms with Crippen LogP contribution in [-0.2, 0) is 0 Å². The molecule has 2 rings (SSSR count). The number of hydrogen-bond donors (Lipinski definition) is 2. The highest BCUT2D eigenvalue weighted by Crippen LogP contribution is 2.10. The van der Waals surface area contributed by atoms with Crippen LogP contribution in [0.5, 0.6) is 0 Å². The molecule has 0 aliphatic rings.